The summed E-state index contributed by atoms with van der Waals surface area (Å²) < 4.78 is 11.0. The van der Waals surface area contributed by atoms with Crippen LogP contribution in [-0.2, 0) is 14.3 Å². The van der Waals surface area contributed by atoms with E-state index >= 15 is 0 Å². The summed E-state index contributed by atoms with van der Waals surface area (Å²) in [6.07, 6.45) is 5.27. The molecule has 1 N–H and O–H groups in total. The molecular formula is C26H36NO5. The van der Waals surface area contributed by atoms with Crippen LogP contribution in [0.4, 0.5) is 0 Å². The standard InChI is InChI=1S/C26H36NO5/c1-17-13-23-22(12-11-19(3)26(23,30)14-24(17)32-20(4)28)18(2)15-27(5)25(29)16-31-21-9-7-6-8-10-21/h6-10,13-14,18-19,22-24,30H,11-12,15-16H2,1-5H3/t18?,19-,22+,23-,24-,26-/m1/s1. The number of fused-ring (bicyclic) bond motifs is 1. The van der Waals surface area contributed by atoms with E-state index in [9.17, 15) is 14.7 Å². The highest BCUT2D eigenvalue weighted by molar-refractivity contribution is 5.77. The number of esters is 1. The summed E-state index contributed by atoms with van der Waals surface area (Å²) in [5.74, 6) is 0.645. The minimum absolute atomic E-state index is 0.000839. The Morgan fingerprint density at radius 3 is 2.59 bits per heavy atom. The maximum atomic E-state index is 12.6. The molecule has 1 unspecified atom stereocenters. The monoisotopic (exact) mass is 442 g/mol. The molecule has 6 heteroatoms. The highest BCUT2D eigenvalue weighted by atomic mass is 16.5. The topological polar surface area (TPSA) is 76.1 Å². The second-order valence-corrected chi connectivity index (χ2v) is 9.52. The van der Waals surface area contributed by atoms with Gasteiger partial charge in [-0.1, -0.05) is 38.1 Å². The molecule has 1 aromatic rings. The number of aliphatic hydroxyl groups is 1. The van der Waals surface area contributed by atoms with Gasteiger partial charge in [0.05, 0.1) is 5.60 Å². The normalized spacial score (nSPS) is 30.5. The van der Waals surface area contributed by atoms with Gasteiger partial charge in [0.2, 0.25) is 0 Å². The Morgan fingerprint density at radius 2 is 1.94 bits per heavy atom. The first-order valence-electron chi connectivity index (χ1n) is 11.5. The third-order valence-electron chi connectivity index (χ3n) is 7.14. The summed E-state index contributed by atoms with van der Waals surface area (Å²) in [5, 5.41) is 11.6. The average molecular weight is 443 g/mol. The Kier molecular flexibility index (Phi) is 7.65. The highest BCUT2D eigenvalue weighted by Crippen LogP contribution is 2.50. The van der Waals surface area contributed by atoms with Gasteiger partial charge in [0.1, 0.15) is 11.9 Å². The van der Waals surface area contributed by atoms with Gasteiger partial charge in [-0.2, -0.15) is 0 Å². The fourth-order valence-electron chi connectivity index (χ4n) is 5.19. The first kappa shape index (κ1) is 24.3. The van der Waals surface area contributed by atoms with Gasteiger partial charge < -0.3 is 19.5 Å². The molecule has 1 radical (unpaired) electrons. The van der Waals surface area contributed by atoms with Gasteiger partial charge in [-0.05, 0) is 55.2 Å². The molecule has 1 aromatic carbocycles. The van der Waals surface area contributed by atoms with Gasteiger partial charge in [0.15, 0.2) is 6.61 Å². The Hall–Kier alpha value is -2.34. The van der Waals surface area contributed by atoms with Crippen LogP contribution in [0.15, 0.2) is 42.0 Å². The first-order valence-corrected chi connectivity index (χ1v) is 11.5. The minimum Gasteiger partial charge on any atom is -0.484 e. The molecule has 1 fully saturated rings. The highest BCUT2D eigenvalue weighted by Gasteiger charge is 2.53. The van der Waals surface area contributed by atoms with Crippen LogP contribution in [0.2, 0.25) is 0 Å². The number of nitrogens with zero attached hydrogens (tertiary/aromatic N) is 1. The van der Waals surface area contributed by atoms with Crippen molar-refractivity contribution in [2.45, 2.75) is 52.2 Å². The summed E-state index contributed by atoms with van der Waals surface area (Å²) >= 11 is 0. The van der Waals surface area contributed by atoms with E-state index in [4.69, 9.17) is 9.47 Å². The molecule has 6 nitrogen and oxygen atoms in total. The molecule has 2 aliphatic rings. The number of ether oxygens (including phenoxy) is 2. The number of carbonyl (C=O) groups is 2. The van der Waals surface area contributed by atoms with Crippen LogP contribution < -0.4 is 4.74 Å². The maximum Gasteiger partial charge on any atom is 0.303 e. The minimum atomic E-state index is -1.03. The van der Waals surface area contributed by atoms with Crippen molar-refractivity contribution in [2.75, 3.05) is 20.2 Å². The molecule has 0 bridgehead atoms. The van der Waals surface area contributed by atoms with Crippen LogP contribution in [0, 0.1) is 30.1 Å². The van der Waals surface area contributed by atoms with E-state index in [0.29, 0.717) is 12.3 Å². The SMILES string of the molecule is CC(=O)O[C@@H]1[CH][C@@]2(O)[C@H](C)CC[C@@H](C(C)CN(C)C(=O)COc3ccccc3)[C@H]2C=C1C. The smallest absolute Gasteiger partial charge is 0.303 e. The number of rotatable bonds is 7. The third kappa shape index (κ3) is 5.34. The Balaban J connectivity index is 1.66. The van der Waals surface area contributed by atoms with Crippen molar-refractivity contribution in [3.8, 4) is 5.75 Å². The lowest BCUT2D eigenvalue weighted by molar-refractivity contribution is -0.148. The summed E-state index contributed by atoms with van der Waals surface area (Å²) in [5.41, 5.74) is -0.0858. The van der Waals surface area contributed by atoms with Crippen LogP contribution in [-0.4, -0.2) is 53.8 Å². The van der Waals surface area contributed by atoms with E-state index in [-0.39, 0.29) is 42.2 Å². The molecule has 3 rings (SSSR count). The zero-order chi connectivity index (χ0) is 23.5. The van der Waals surface area contributed by atoms with E-state index in [0.717, 1.165) is 18.4 Å². The lowest BCUT2D eigenvalue weighted by atomic mass is 9.57. The number of hydrogen-bond donors (Lipinski definition) is 1. The number of hydrogen-bond acceptors (Lipinski definition) is 5. The number of carbonyl (C=O) groups excluding carboxylic acids is 2. The summed E-state index contributed by atoms with van der Waals surface area (Å²) in [7, 11) is 1.80. The summed E-state index contributed by atoms with van der Waals surface area (Å²) in [6, 6.07) is 9.32. The summed E-state index contributed by atoms with van der Waals surface area (Å²) in [6.45, 7) is 8.12. The molecule has 6 atom stereocenters. The van der Waals surface area contributed by atoms with Gasteiger partial charge in [-0.25, -0.2) is 0 Å². The van der Waals surface area contributed by atoms with Gasteiger partial charge >= 0.3 is 5.97 Å². The number of para-hydroxylation sites is 1. The van der Waals surface area contributed by atoms with Crippen molar-refractivity contribution < 1.29 is 24.2 Å². The number of benzene rings is 1. The van der Waals surface area contributed by atoms with Crippen LogP contribution in [0.3, 0.4) is 0 Å². The molecule has 0 aromatic heterocycles. The molecule has 0 spiro atoms. The van der Waals surface area contributed by atoms with Crippen molar-refractivity contribution in [2.24, 2.45) is 23.7 Å². The van der Waals surface area contributed by atoms with E-state index in [2.05, 4.69) is 19.9 Å². The molecule has 175 valence electrons. The quantitative estimate of drug-likeness (QED) is 0.515. The second kappa shape index (κ2) is 10.1. The number of amides is 1. The summed E-state index contributed by atoms with van der Waals surface area (Å²) in [4.78, 5) is 25.8. The van der Waals surface area contributed by atoms with E-state index < -0.39 is 11.7 Å². The van der Waals surface area contributed by atoms with Gasteiger partial charge in [0, 0.05) is 32.9 Å². The van der Waals surface area contributed by atoms with E-state index in [1.54, 1.807) is 11.9 Å². The predicted molar refractivity (Wildman–Crippen MR) is 123 cm³/mol. The van der Waals surface area contributed by atoms with Crippen molar-refractivity contribution in [1.29, 1.82) is 0 Å². The third-order valence-corrected chi connectivity index (χ3v) is 7.14. The number of likely N-dealkylation sites (N-methyl/N-ethyl adjacent to an activating group) is 1. The lowest BCUT2D eigenvalue weighted by Crippen LogP contribution is -2.56. The molecule has 0 saturated heterocycles. The molecule has 1 amide bonds. The first-order chi connectivity index (χ1) is 15.1. The average Bonchev–Trinajstić information content (AvgIpc) is 2.74. The fraction of sp³-hybridized carbons (Fsp3) is 0.577. The van der Waals surface area contributed by atoms with Crippen LogP contribution >= 0.6 is 0 Å². The Labute approximate surface area is 191 Å². The zero-order valence-electron chi connectivity index (χ0n) is 19.8. The Morgan fingerprint density at radius 1 is 1.25 bits per heavy atom. The second-order valence-electron chi connectivity index (χ2n) is 9.52. The van der Waals surface area contributed by atoms with Gasteiger partial charge in [0.25, 0.3) is 5.91 Å². The Bertz CT molecular complexity index is 838. The maximum absolute atomic E-state index is 12.6. The molecular weight excluding hydrogens is 406 g/mol. The van der Waals surface area contributed by atoms with Crippen molar-refractivity contribution >= 4 is 11.9 Å². The van der Waals surface area contributed by atoms with Crippen molar-refractivity contribution in [1.82, 2.24) is 4.90 Å². The predicted octanol–water partition coefficient (Wildman–Crippen LogP) is 3.65. The molecule has 0 aliphatic heterocycles. The fourth-order valence-corrected chi connectivity index (χ4v) is 5.19. The van der Waals surface area contributed by atoms with Crippen LogP contribution in [0.25, 0.3) is 0 Å². The zero-order valence-corrected chi connectivity index (χ0v) is 19.8. The van der Waals surface area contributed by atoms with Crippen molar-refractivity contribution in [3.63, 3.8) is 0 Å². The lowest BCUT2D eigenvalue weighted by Gasteiger charge is -2.53. The van der Waals surface area contributed by atoms with Crippen LogP contribution in [0.5, 0.6) is 5.75 Å². The molecule has 1 saturated carbocycles. The van der Waals surface area contributed by atoms with Crippen LogP contribution in [0.1, 0.15) is 40.5 Å². The van der Waals surface area contributed by atoms with Gasteiger partial charge in [-0.3, -0.25) is 9.59 Å². The van der Waals surface area contributed by atoms with E-state index in [1.807, 2.05) is 43.7 Å². The van der Waals surface area contributed by atoms with Crippen molar-refractivity contribution in [3.05, 3.63) is 48.4 Å². The molecule has 0 heterocycles. The largest absolute Gasteiger partial charge is 0.484 e. The van der Waals surface area contributed by atoms with E-state index in [1.165, 1.54) is 6.92 Å². The molecule has 32 heavy (non-hydrogen) atoms. The van der Waals surface area contributed by atoms with Gasteiger partial charge in [-0.15, -0.1) is 0 Å². The molecule has 2 aliphatic carbocycles.